The molecular formula is C18H21N3O3S. The van der Waals surface area contributed by atoms with Crippen molar-refractivity contribution in [1.82, 2.24) is 9.47 Å². The maximum atomic E-state index is 12.7. The summed E-state index contributed by atoms with van der Waals surface area (Å²) in [6.07, 6.45) is 3.50. The van der Waals surface area contributed by atoms with Crippen molar-refractivity contribution in [1.29, 1.82) is 0 Å². The van der Waals surface area contributed by atoms with E-state index in [9.17, 15) is 14.4 Å². The molecule has 3 heterocycles. The first-order valence-corrected chi connectivity index (χ1v) is 9.18. The van der Waals surface area contributed by atoms with E-state index in [4.69, 9.17) is 0 Å². The number of anilines is 1. The molecule has 7 heteroatoms. The predicted octanol–water partition coefficient (Wildman–Crippen LogP) is 2.57. The van der Waals surface area contributed by atoms with Gasteiger partial charge < -0.3 is 14.8 Å². The Morgan fingerprint density at radius 1 is 1.28 bits per heavy atom. The lowest BCUT2D eigenvalue weighted by Gasteiger charge is -2.30. The number of piperidine rings is 1. The summed E-state index contributed by atoms with van der Waals surface area (Å²) in [6, 6.07) is 4.94. The number of aryl methyl sites for hydroxylation is 1. The van der Waals surface area contributed by atoms with Crippen LogP contribution in [0, 0.1) is 5.92 Å². The van der Waals surface area contributed by atoms with Gasteiger partial charge in [-0.1, -0.05) is 13.0 Å². The molecule has 0 aliphatic carbocycles. The fourth-order valence-electron chi connectivity index (χ4n) is 2.90. The zero-order chi connectivity index (χ0) is 18.0. The number of nitrogens with one attached hydrogen (secondary N) is 1. The second-order valence-electron chi connectivity index (χ2n) is 6.46. The minimum Gasteiger partial charge on any atom is -0.339 e. The van der Waals surface area contributed by atoms with Crippen molar-refractivity contribution >= 4 is 28.8 Å². The Labute approximate surface area is 150 Å². The van der Waals surface area contributed by atoms with E-state index in [1.807, 2.05) is 4.90 Å². The Hall–Kier alpha value is -2.41. The molecule has 3 rings (SSSR count). The summed E-state index contributed by atoms with van der Waals surface area (Å²) in [4.78, 5) is 39.6. The topological polar surface area (TPSA) is 71.4 Å². The van der Waals surface area contributed by atoms with Crippen LogP contribution in [0.3, 0.4) is 0 Å². The van der Waals surface area contributed by atoms with Crippen molar-refractivity contribution in [3.05, 3.63) is 50.6 Å². The van der Waals surface area contributed by atoms with Crippen LogP contribution in [0.25, 0.3) is 0 Å². The van der Waals surface area contributed by atoms with Crippen molar-refractivity contribution in [3.63, 3.8) is 0 Å². The predicted molar refractivity (Wildman–Crippen MR) is 98.3 cm³/mol. The SMILES string of the molecule is CC1CCN(C(=O)c2cc(NC(=O)c3cccs3)c(=O)n(C)c2)CC1. The van der Waals surface area contributed by atoms with Gasteiger partial charge in [-0.25, -0.2) is 0 Å². The number of thiophene rings is 1. The van der Waals surface area contributed by atoms with Crippen molar-refractivity contribution in [3.8, 4) is 0 Å². The molecule has 1 aliphatic heterocycles. The summed E-state index contributed by atoms with van der Waals surface area (Å²) in [5, 5.41) is 4.42. The van der Waals surface area contributed by atoms with Crippen molar-refractivity contribution in [2.75, 3.05) is 18.4 Å². The van der Waals surface area contributed by atoms with Gasteiger partial charge in [0.15, 0.2) is 0 Å². The van der Waals surface area contributed by atoms with Gasteiger partial charge in [-0.2, -0.15) is 0 Å². The lowest BCUT2D eigenvalue weighted by atomic mass is 9.99. The third kappa shape index (κ3) is 3.82. The summed E-state index contributed by atoms with van der Waals surface area (Å²) < 4.78 is 1.34. The number of likely N-dealkylation sites (tertiary alicyclic amines) is 1. The van der Waals surface area contributed by atoms with Crippen molar-refractivity contribution in [2.24, 2.45) is 13.0 Å². The number of amides is 2. The Kier molecular flexibility index (Phi) is 5.03. The average Bonchev–Trinajstić information content (AvgIpc) is 3.13. The van der Waals surface area contributed by atoms with Crippen LogP contribution >= 0.6 is 11.3 Å². The van der Waals surface area contributed by atoms with E-state index in [-0.39, 0.29) is 23.1 Å². The fraction of sp³-hybridized carbons (Fsp3) is 0.389. The quantitative estimate of drug-likeness (QED) is 0.915. The van der Waals surface area contributed by atoms with Crippen molar-refractivity contribution in [2.45, 2.75) is 19.8 Å². The number of rotatable bonds is 3. The number of pyridine rings is 1. The molecule has 1 saturated heterocycles. The van der Waals surface area contributed by atoms with Gasteiger partial charge in [0.1, 0.15) is 5.69 Å². The summed E-state index contributed by atoms with van der Waals surface area (Å²) >= 11 is 1.30. The summed E-state index contributed by atoms with van der Waals surface area (Å²) in [7, 11) is 1.58. The van der Waals surface area contributed by atoms with E-state index in [1.165, 1.54) is 28.2 Å². The number of carbonyl (C=O) groups excluding carboxylic acids is 2. The molecule has 1 aliphatic rings. The van der Waals surface area contributed by atoms with Crippen LogP contribution in [-0.4, -0.2) is 34.4 Å². The monoisotopic (exact) mass is 359 g/mol. The Balaban J connectivity index is 1.84. The van der Waals surface area contributed by atoms with Gasteiger partial charge >= 0.3 is 0 Å². The number of aromatic nitrogens is 1. The molecule has 0 radical (unpaired) electrons. The maximum Gasteiger partial charge on any atom is 0.274 e. The van der Waals surface area contributed by atoms with Crippen molar-refractivity contribution < 1.29 is 9.59 Å². The third-order valence-corrected chi connectivity index (χ3v) is 5.36. The molecule has 2 aromatic rings. The fourth-order valence-corrected chi connectivity index (χ4v) is 3.52. The minimum absolute atomic E-state index is 0.103. The Morgan fingerprint density at radius 2 is 2.00 bits per heavy atom. The molecule has 0 saturated carbocycles. The van der Waals surface area contributed by atoms with E-state index in [1.54, 1.807) is 24.6 Å². The summed E-state index contributed by atoms with van der Waals surface area (Å²) in [5.41, 5.74) is 0.198. The van der Waals surface area contributed by atoms with Gasteiger partial charge in [-0.05, 0) is 36.3 Å². The largest absolute Gasteiger partial charge is 0.339 e. The molecule has 0 atom stereocenters. The van der Waals surface area contributed by atoms with Crippen LogP contribution in [-0.2, 0) is 7.05 Å². The smallest absolute Gasteiger partial charge is 0.274 e. The van der Waals surface area contributed by atoms with E-state index < -0.39 is 0 Å². The average molecular weight is 359 g/mol. The maximum absolute atomic E-state index is 12.7. The van der Waals surface area contributed by atoms with Crippen LogP contribution in [0.1, 0.15) is 39.8 Å². The molecule has 0 bridgehead atoms. The number of carbonyl (C=O) groups is 2. The zero-order valence-electron chi connectivity index (χ0n) is 14.3. The molecule has 6 nitrogen and oxygen atoms in total. The van der Waals surface area contributed by atoms with Crippen LogP contribution < -0.4 is 10.9 Å². The van der Waals surface area contributed by atoms with E-state index in [0.29, 0.717) is 16.4 Å². The van der Waals surface area contributed by atoms with Gasteiger partial charge in [0, 0.05) is 26.3 Å². The molecular weight excluding hydrogens is 338 g/mol. The number of nitrogens with zero attached hydrogens (tertiary/aromatic N) is 2. The highest BCUT2D eigenvalue weighted by molar-refractivity contribution is 7.12. The second kappa shape index (κ2) is 7.23. The molecule has 0 aromatic carbocycles. The van der Waals surface area contributed by atoms with Crippen LogP contribution in [0.2, 0.25) is 0 Å². The van der Waals surface area contributed by atoms with E-state index in [0.717, 1.165) is 25.9 Å². The standard InChI is InChI=1S/C18H21N3O3S/c1-12-5-7-21(8-6-12)17(23)13-10-14(18(24)20(2)11-13)19-16(22)15-4-3-9-25-15/h3-4,9-12H,5-8H2,1-2H3,(H,19,22). The van der Waals surface area contributed by atoms with Gasteiger partial charge in [0.05, 0.1) is 10.4 Å². The molecule has 2 amide bonds. The van der Waals surface area contributed by atoms with E-state index >= 15 is 0 Å². The molecule has 0 spiro atoms. The molecule has 25 heavy (non-hydrogen) atoms. The molecule has 1 fully saturated rings. The van der Waals surface area contributed by atoms with Crippen LogP contribution in [0.4, 0.5) is 5.69 Å². The van der Waals surface area contributed by atoms with Gasteiger partial charge in [0.25, 0.3) is 17.4 Å². The highest BCUT2D eigenvalue weighted by Crippen LogP contribution is 2.19. The summed E-state index contributed by atoms with van der Waals surface area (Å²) in [6.45, 7) is 3.63. The normalized spacial score (nSPS) is 15.2. The van der Waals surface area contributed by atoms with Gasteiger partial charge in [-0.3, -0.25) is 14.4 Å². The number of hydrogen-bond acceptors (Lipinski definition) is 4. The lowest BCUT2D eigenvalue weighted by Crippen LogP contribution is -2.38. The lowest BCUT2D eigenvalue weighted by molar-refractivity contribution is 0.0696. The molecule has 2 aromatic heterocycles. The third-order valence-electron chi connectivity index (χ3n) is 4.49. The molecule has 132 valence electrons. The highest BCUT2D eigenvalue weighted by Gasteiger charge is 2.23. The number of hydrogen-bond donors (Lipinski definition) is 1. The molecule has 0 unspecified atom stereocenters. The molecule has 1 N–H and O–H groups in total. The minimum atomic E-state index is -0.344. The first-order chi connectivity index (χ1) is 12.0. The van der Waals surface area contributed by atoms with Crippen LogP contribution in [0.5, 0.6) is 0 Å². The van der Waals surface area contributed by atoms with E-state index in [2.05, 4.69) is 12.2 Å². The first kappa shape index (κ1) is 17.4. The van der Waals surface area contributed by atoms with Gasteiger partial charge in [0.2, 0.25) is 0 Å². The Morgan fingerprint density at radius 3 is 2.64 bits per heavy atom. The second-order valence-corrected chi connectivity index (χ2v) is 7.41. The van der Waals surface area contributed by atoms with Crippen LogP contribution in [0.15, 0.2) is 34.6 Å². The summed E-state index contributed by atoms with van der Waals surface area (Å²) in [5.74, 6) is 0.183. The highest BCUT2D eigenvalue weighted by atomic mass is 32.1. The Bertz CT molecular complexity index is 834. The van der Waals surface area contributed by atoms with Gasteiger partial charge in [-0.15, -0.1) is 11.3 Å². The first-order valence-electron chi connectivity index (χ1n) is 8.30. The zero-order valence-corrected chi connectivity index (χ0v) is 15.1.